The highest BCUT2D eigenvalue weighted by atomic mass is 32.1. The van der Waals surface area contributed by atoms with E-state index in [4.69, 9.17) is 10.5 Å². The Hall–Kier alpha value is -1.38. The first-order chi connectivity index (χ1) is 9.41. The highest BCUT2D eigenvalue weighted by Crippen LogP contribution is 2.26. The van der Waals surface area contributed by atoms with Gasteiger partial charge in [-0.15, -0.1) is 0 Å². The molecule has 20 heavy (non-hydrogen) atoms. The van der Waals surface area contributed by atoms with Crippen LogP contribution in [-0.2, 0) is 4.74 Å². The van der Waals surface area contributed by atoms with Crippen molar-refractivity contribution in [2.75, 3.05) is 65.1 Å². The second-order valence-electron chi connectivity index (χ2n) is 4.78. The summed E-state index contributed by atoms with van der Waals surface area (Å²) in [5.74, 6) is 0.0639. The van der Waals surface area contributed by atoms with Gasteiger partial charge in [0, 0.05) is 27.2 Å². The minimum atomic E-state index is -0.204. The van der Waals surface area contributed by atoms with Crippen LogP contribution in [0.1, 0.15) is 9.67 Å². The molecule has 7 nitrogen and oxygen atoms in total. The Kier molecular flexibility index (Phi) is 6.69. The van der Waals surface area contributed by atoms with Crippen LogP contribution in [0.3, 0.4) is 0 Å². The number of nitrogens with one attached hydrogen (secondary N) is 1. The molecule has 0 aliphatic heterocycles. The summed E-state index contributed by atoms with van der Waals surface area (Å²) in [5, 5.41) is 3.49. The molecule has 0 saturated heterocycles. The van der Waals surface area contributed by atoms with Gasteiger partial charge in [-0.2, -0.15) is 0 Å². The first-order valence-electron chi connectivity index (χ1n) is 6.36. The molecule has 1 rings (SSSR count). The number of anilines is 2. The van der Waals surface area contributed by atoms with Crippen molar-refractivity contribution >= 4 is 28.2 Å². The summed E-state index contributed by atoms with van der Waals surface area (Å²) in [4.78, 5) is 20.4. The number of amides is 1. The minimum absolute atomic E-state index is 0.204. The first-order valence-corrected chi connectivity index (χ1v) is 7.17. The third-order valence-electron chi connectivity index (χ3n) is 2.45. The molecule has 114 valence electrons. The molecule has 1 aromatic rings. The number of thiazole rings is 1. The van der Waals surface area contributed by atoms with E-state index in [0.717, 1.165) is 11.7 Å². The van der Waals surface area contributed by atoms with Gasteiger partial charge in [0.2, 0.25) is 0 Å². The number of nitrogens with zero attached hydrogens (tertiary/aromatic N) is 3. The van der Waals surface area contributed by atoms with Gasteiger partial charge in [-0.3, -0.25) is 4.79 Å². The predicted octanol–water partition coefficient (Wildman–Crippen LogP) is 0.0993. The Morgan fingerprint density at radius 1 is 1.35 bits per heavy atom. The van der Waals surface area contributed by atoms with Gasteiger partial charge in [0.15, 0.2) is 5.13 Å². The van der Waals surface area contributed by atoms with Crippen LogP contribution in [0.15, 0.2) is 0 Å². The van der Waals surface area contributed by atoms with E-state index in [1.807, 2.05) is 38.0 Å². The highest BCUT2D eigenvalue weighted by Gasteiger charge is 2.16. The molecular weight excluding hydrogens is 278 g/mol. The van der Waals surface area contributed by atoms with Crippen molar-refractivity contribution in [3.8, 4) is 0 Å². The van der Waals surface area contributed by atoms with E-state index in [9.17, 15) is 4.79 Å². The topological polar surface area (TPSA) is 83.7 Å². The maximum absolute atomic E-state index is 11.9. The molecule has 1 heterocycles. The Morgan fingerprint density at radius 2 is 2.05 bits per heavy atom. The van der Waals surface area contributed by atoms with Crippen LogP contribution in [-0.4, -0.2) is 70.3 Å². The van der Waals surface area contributed by atoms with Crippen LogP contribution >= 0.6 is 11.3 Å². The fourth-order valence-corrected chi connectivity index (χ4v) is 2.16. The van der Waals surface area contributed by atoms with Crippen molar-refractivity contribution in [2.24, 2.45) is 0 Å². The average molecular weight is 301 g/mol. The van der Waals surface area contributed by atoms with Crippen LogP contribution in [0.4, 0.5) is 10.9 Å². The summed E-state index contributed by atoms with van der Waals surface area (Å²) >= 11 is 1.28. The number of nitrogens with two attached hydrogens (primary N) is 1. The molecule has 0 aliphatic carbocycles. The van der Waals surface area contributed by atoms with Gasteiger partial charge in [0.05, 0.1) is 13.2 Å². The number of carbonyl (C=O) groups excluding carboxylic acids is 1. The zero-order chi connectivity index (χ0) is 15.1. The fourth-order valence-electron chi connectivity index (χ4n) is 1.34. The molecule has 0 atom stereocenters. The third kappa shape index (κ3) is 5.32. The summed E-state index contributed by atoms with van der Waals surface area (Å²) in [6, 6.07) is 0. The largest absolute Gasteiger partial charge is 0.382 e. The Morgan fingerprint density at radius 3 is 2.60 bits per heavy atom. The summed E-state index contributed by atoms with van der Waals surface area (Å²) in [5.41, 5.74) is 5.74. The minimum Gasteiger partial charge on any atom is -0.382 e. The molecular formula is C12H23N5O2S. The summed E-state index contributed by atoms with van der Waals surface area (Å²) < 4.78 is 5.40. The van der Waals surface area contributed by atoms with E-state index in [1.165, 1.54) is 11.3 Å². The molecule has 0 spiro atoms. The Balaban J connectivity index is 2.32. The van der Waals surface area contributed by atoms with Crippen molar-refractivity contribution in [2.45, 2.75) is 0 Å². The molecule has 1 amide bonds. The number of likely N-dealkylation sites (N-methyl/N-ethyl adjacent to an activating group) is 1. The summed E-state index contributed by atoms with van der Waals surface area (Å²) in [7, 11) is 7.69. The zero-order valence-corrected chi connectivity index (χ0v) is 13.3. The van der Waals surface area contributed by atoms with E-state index >= 15 is 0 Å². The van der Waals surface area contributed by atoms with E-state index < -0.39 is 0 Å². The molecule has 0 aromatic carbocycles. The van der Waals surface area contributed by atoms with Gasteiger partial charge >= 0.3 is 0 Å². The van der Waals surface area contributed by atoms with Gasteiger partial charge in [-0.25, -0.2) is 4.98 Å². The third-order valence-corrected chi connectivity index (χ3v) is 3.68. The van der Waals surface area contributed by atoms with Crippen molar-refractivity contribution in [3.05, 3.63) is 4.88 Å². The molecule has 8 heteroatoms. The van der Waals surface area contributed by atoms with E-state index in [1.54, 1.807) is 0 Å². The molecule has 3 N–H and O–H groups in total. The lowest BCUT2D eigenvalue weighted by Gasteiger charge is -2.10. The molecule has 0 bridgehead atoms. The molecule has 0 fully saturated rings. The van der Waals surface area contributed by atoms with Crippen LogP contribution in [0, 0.1) is 0 Å². The number of nitrogen functional groups attached to an aromatic ring is 1. The lowest BCUT2D eigenvalue weighted by Crippen LogP contribution is -2.28. The van der Waals surface area contributed by atoms with Gasteiger partial charge in [-0.05, 0) is 14.1 Å². The van der Waals surface area contributed by atoms with Crippen LogP contribution in [0.25, 0.3) is 0 Å². The number of hydrogen-bond donors (Lipinski definition) is 2. The fraction of sp³-hybridized carbons (Fsp3) is 0.667. The lowest BCUT2D eigenvalue weighted by atomic mass is 10.4. The summed E-state index contributed by atoms with van der Waals surface area (Å²) in [6.07, 6.45) is 0. The Labute approximate surface area is 123 Å². The molecule has 0 unspecified atom stereocenters. The van der Waals surface area contributed by atoms with Crippen molar-refractivity contribution in [1.29, 1.82) is 0 Å². The van der Waals surface area contributed by atoms with Gasteiger partial charge in [0.1, 0.15) is 10.7 Å². The summed E-state index contributed by atoms with van der Waals surface area (Å²) in [6.45, 7) is 2.46. The monoisotopic (exact) mass is 301 g/mol. The van der Waals surface area contributed by atoms with Crippen molar-refractivity contribution in [1.82, 2.24) is 15.2 Å². The van der Waals surface area contributed by atoms with Crippen molar-refractivity contribution in [3.63, 3.8) is 0 Å². The van der Waals surface area contributed by atoms with Gasteiger partial charge < -0.3 is 25.6 Å². The highest BCUT2D eigenvalue weighted by molar-refractivity contribution is 7.18. The first kappa shape index (κ1) is 16.7. The maximum atomic E-state index is 11.9. The van der Waals surface area contributed by atoms with Crippen LogP contribution in [0.5, 0.6) is 0 Å². The normalized spacial score (nSPS) is 10.8. The van der Waals surface area contributed by atoms with Crippen molar-refractivity contribution < 1.29 is 9.53 Å². The lowest BCUT2D eigenvalue weighted by molar-refractivity contribution is 0.0904. The molecule has 1 aromatic heterocycles. The second-order valence-corrected chi connectivity index (χ2v) is 5.75. The Bertz CT molecular complexity index is 433. The maximum Gasteiger partial charge on any atom is 0.265 e. The standard InChI is InChI=1S/C12H23N5O2S/c1-16(2)6-8-19-7-5-14-11(18)9-10(13)15-12(20-9)17(3)4/h5-8,13H2,1-4H3,(H,14,18). The van der Waals surface area contributed by atoms with Crippen LogP contribution < -0.4 is 16.0 Å². The average Bonchev–Trinajstić information content (AvgIpc) is 2.75. The van der Waals surface area contributed by atoms with Crippen LogP contribution in [0.2, 0.25) is 0 Å². The SMILES string of the molecule is CN(C)CCOCCNC(=O)c1sc(N(C)C)nc1N. The number of carbonyl (C=O) groups is 1. The van der Waals surface area contributed by atoms with E-state index in [2.05, 4.69) is 10.3 Å². The number of rotatable bonds is 8. The number of hydrogen-bond acceptors (Lipinski definition) is 7. The predicted molar refractivity (Wildman–Crippen MR) is 82.6 cm³/mol. The second kappa shape index (κ2) is 8.03. The number of aromatic nitrogens is 1. The zero-order valence-electron chi connectivity index (χ0n) is 12.5. The number of ether oxygens (including phenoxy) is 1. The smallest absolute Gasteiger partial charge is 0.265 e. The molecule has 0 aliphatic rings. The molecule has 0 radical (unpaired) electrons. The van der Waals surface area contributed by atoms with E-state index in [0.29, 0.717) is 24.6 Å². The quantitative estimate of drug-likeness (QED) is 0.663. The van der Waals surface area contributed by atoms with Gasteiger partial charge in [0.25, 0.3) is 5.91 Å². The van der Waals surface area contributed by atoms with E-state index in [-0.39, 0.29) is 11.7 Å². The molecule has 0 saturated carbocycles. The van der Waals surface area contributed by atoms with Gasteiger partial charge in [-0.1, -0.05) is 11.3 Å².